The number of aromatic nitrogens is 1. The Morgan fingerprint density at radius 1 is 1.41 bits per heavy atom. The van der Waals surface area contributed by atoms with E-state index in [0.29, 0.717) is 12.1 Å². The Morgan fingerprint density at radius 2 is 2.24 bits per heavy atom. The van der Waals surface area contributed by atoms with Crippen LogP contribution in [0, 0.1) is 0 Å². The molecular weight excluding hydrogens is 240 g/mol. The van der Waals surface area contributed by atoms with E-state index >= 15 is 0 Å². The summed E-state index contributed by atoms with van der Waals surface area (Å²) >= 11 is 5.72. The van der Waals surface area contributed by atoms with E-state index in [9.17, 15) is 9.90 Å². The number of carbonyl (C=O) groups is 1. The number of aromatic hydroxyl groups is 1. The molecule has 0 radical (unpaired) electrons. The quantitative estimate of drug-likeness (QED) is 0.783. The molecule has 17 heavy (non-hydrogen) atoms. The monoisotopic (exact) mass is 250 g/mol. The summed E-state index contributed by atoms with van der Waals surface area (Å²) in [6.45, 7) is 0.445. The van der Waals surface area contributed by atoms with Crippen LogP contribution in [0.1, 0.15) is 15.9 Å². The zero-order valence-electron chi connectivity index (χ0n) is 8.90. The van der Waals surface area contributed by atoms with Crippen LogP contribution in [0.3, 0.4) is 0 Å². The fraction of sp³-hybridized carbons (Fsp3) is 0.0833. The van der Waals surface area contributed by atoms with Crippen LogP contribution in [-0.4, -0.2) is 16.0 Å². The van der Waals surface area contributed by atoms with Crippen molar-refractivity contribution < 1.29 is 9.90 Å². The van der Waals surface area contributed by atoms with Gasteiger partial charge in [0.25, 0.3) is 5.91 Å². The molecule has 0 aliphatic rings. The molecule has 1 aromatic heterocycles. The molecule has 88 valence electrons. The highest BCUT2D eigenvalue weighted by Gasteiger charge is 2.07. The van der Waals surface area contributed by atoms with Crippen molar-refractivity contribution in [3.63, 3.8) is 0 Å². The number of H-pyrrole nitrogens is 1. The van der Waals surface area contributed by atoms with Crippen molar-refractivity contribution in [2.75, 3.05) is 0 Å². The number of carbonyl (C=O) groups excluding carboxylic acids is 1. The smallest absolute Gasteiger partial charge is 0.251 e. The van der Waals surface area contributed by atoms with Gasteiger partial charge in [0.05, 0.1) is 5.02 Å². The molecule has 1 heterocycles. The molecule has 1 amide bonds. The average molecular weight is 251 g/mol. The third-order valence-corrected chi connectivity index (χ3v) is 2.63. The number of amides is 1. The van der Waals surface area contributed by atoms with Gasteiger partial charge in [0, 0.05) is 24.5 Å². The van der Waals surface area contributed by atoms with Crippen LogP contribution < -0.4 is 5.32 Å². The van der Waals surface area contributed by atoms with Crippen molar-refractivity contribution in [2.24, 2.45) is 0 Å². The maximum absolute atomic E-state index is 11.7. The SMILES string of the molecule is O=C(NCc1cc[nH]c1)c1ccc(O)c(Cl)c1. The average Bonchev–Trinajstić information content (AvgIpc) is 2.82. The molecule has 5 heteroatoms. The van der Waals surface area contributed by atoms with E-state index in [2.05, 4.69) is 10.3 Å². The van der Waals surface area contributed by atoms with E-state index < -0.39 is 0 Å². The van der Waals surface area contributed by atoms with E-state index in [1.165, 1.54) is 18.2 Å². The number of hydrogen-bond donors (Lipinski definition) is 3. The number of phenolic OH excluding ortho intramolecular Hbond substituents is 1. The van der Waals surface area contributed by atoms with Crippen molar-refractivity contribution in [1.82, 2.24) is 10.3 Å². The first-order valence-corrected chi connectivity index (χ1v) is 5.43. The highest BCUT2D eigenvalue weighted by molar-refractivity contribution is 6.32. The normalized spacial score (nSPS) is 10.2. The lowest BCUT2D eigenvalue weighted by Gasteiger charge is -2.05. The predicted octanol–water partition coefficient (Wildman–Crippen LogP) is 2.30. The highest BCUT2D eigenvalue weighted by Crippen LogP contribution is 2.23. The van der Waals surface area contributed by atoms with Crippen LogP contribution in [0.15, 0.2) is 36.7 Å². The molecule has 0 aliphatic carbocycles. The summed E-state index contributed by atoms with van der Waals surface area (Å²) in [5, 5.41) is 12.2. The maximum atomic E-state index is 11.7. The molecule has 0 saturated heterocycles. The molecule has 2 rings (SSSR count). The summed E-state index contributed by atoms with van der Waals surface area (Å²) < 4.78 is 0. The summed E-state index contributed by atoms with van der Waals surface area (Å²) in [6.07, 6.45) is 3.60. The van der Waals surface area contributed by atoms with Gasteiger partial charge in [0.2, 0.25) is 0 Å². The standard InChI is InChI=1S/C12H11ClN2O2/c13-10-5-9(1-2-11(10)16)12(17)15-7-8-3-4-14-6-8/h1-6,14,16H,7H2,(H,15,17). The minimum Gasteiger partial charge on any atom is -0.506 e. The van der Waals surface area contributed by atoms with Crippen molar-refractivity contribution >= 4 is 17.5 Å². The first kappa shape index (κ1) is 11.5. The summed E-state index contributed by atoms with van der Waals surface area (Å²) in [6, 6.07) is 6.23. The van der Waals surface area contributed by atoms with Gasteiger partial charge in [0.1, 0.15) is 5.75 Å². The molecule has 0 spiro atoms. The molecule has 0 saturated carbocycles. The van der Waals surface area contributed by atoms with Crippen LogP contribution in [0.25, 0.3) is 0 Å². The molecule has 4 nitrogen and oxygen atoms in total. The van der Waals surface area contributed by atoms with Gasteiger partial charge in [0.15, 0.2) is 0 Å². The molecule has 3 N–H and O–H groups in total. The van der Waals surface area contributed by atoms with E-state index in [1.807, 2.05) is 12.3 Å². The molecular formula is C12H11ClN2O2. The maximum Gasteiger partial charge on any atom is 0.251 e. The van der Waals surface area contributed by atoms with Gasteiger partial charge in [-0.3, -0.25) is 4.79 Å². The Morgan fingerprint density at radius 3 is 2.88 bits per heavy atom. The number of hydrogen-bond acceptors (Lipinski definition) is 2. The number of phenols is 1. The molecule has 1 aromatic carbocycles. The van der Waals surface area contributed by atoms with Crippen LogP contribution in [-0.2, 0) is 6.54 Å². The molecule has 0 unspecified atom stereocenters. The molecule has 0 aliphatic heterocycles. The lowest BCUT2D eigenvalue weighted by atomic mass is 10.2. The number of halogens is 1. The third kappa shape index (κ3) is 2.79. The van der Waals surface area contributed by atoms with Gasteiger partial charge in [-0.25, -0.2) is 0 Å². The second-order valence-corrected chi connectivity index (χ2v) is 3.98. The molecule has 0 fully saturated rings. The Kier molecular flexibility index (Phi) is 3.35. The Bertz CT molecular complexity index is 523. The van der Waals surface area contributed by atoms with Gasteiger partial charge < -0.3 is 15.4 Å². The van der Waals surface area contributed by atoms with Crippen LogP contribution in [0.4, 0.5) is 0 Å². The van der Waals surface area contributed by atoms with Crippen molar-refractivity contribution in [3.05, 3.63) is 52.8 Å². The summed E-state index contributed by atoms with van der Waals surface area (Å²) in [7, 11) is 0. The number of aromatic amines is 1. The summed E-state index contributed by atoms with van der Waals surface area (Å²) in [5.74, 6) is -0.262. The predicted molar refractivity (Wildman–Crippen MR) is 65.1 cm³/mol. The van der Waals surface area contributed by atoms with Gasteiger partial charge >= 0.3 is 0 Å². The lowest BCUT2D eigenvalue weighted by Crippen LogP contribution is -2.22. The van der Waals surface area contributed by atoms with E-state index in [4.69, 9.17) is 11.6 Å². The van der Waals surface area contributed by atoms with E-state index in [-0.39, 0.29) is 16.7 Å². The van der Waals surface area contributed by atoms with E-state index in [0.717, 1.165) is 5.56 Å². The van der Waals surface area contributed by atoms with Crippen LogP contribution in [0.2, 0.25) is 5.02 Å². The summed E-state index contributed by atoms with van der Waals surface area (Å²) in [4.78, 5) is 14.6. The number of rotatable bonds is 3. The number of nitrogens with one attached hydrogen (secondary N) is 2. The Hall–Kier alpha value is -1.94. The van der Waals surface area contributed by atoms with Crippen molar-refractivity contribution in [3.8, 4) is 5.75 Å². The second kappa shape index (κ2) is 4.93. The fourth-order valence-electron chi connectivity index (χ4n) is 1.40. The van der Waals surface area contributed by atoms with Gasteiger partial charge in [-0.15, -0.1) is 0 Å². The largest absolute Gasteiger partial charge is 0.506 e. The zero-order valence-corrected chi connectivity index (χ0v) is 9.66. The molecule has 0 atom stereocenters. The first-order valence-electron chi connectivity index (χ1n) is 5.05. The number of benzene rings is 1. The minimum atomic E-state index is -0.229. The summed E-state index contributed by atoms with van der Waals surface area (Å²) in [5.41, 5.74) is 1.41. The topological polar surface area (TPSA) is 65.1 Å². The van der Waals surface area contributed by atoms with Crippen LogP contribution in [0.5, 0.6) is 5.75 Å². The minimum absolute atomic E-state index is 0.0335. The van der Waals surface area contributed by atoms with Gasteiger partial charge in [-0.05, 0) is 29.8 Å². The van der Waals surface area contributed by atoms with Gasteiger partial charge in [-0.2, -0.15) is 0 Å². The van der Waals surface area contributed by atoms with E-state index in [1.54, 1.807) is 6.20 Å². The van der Waals surface area contributed by atoms with Crippen molar-refractivity contribution in [2.45, 2.75) is 6.54 Å². The highest BCUT2D eigenvalue weighted by atomic mass is 35.5. The van der Waals surface area contributed by atoms with Crippen LogP contribution >= 0.6 is 11.6 Å². The molecule has 0 bridgehead atoms. The zero-order chi connectivity index (χ0) is 12.3. The van der Waals surface area contributed by atoms with Crippen molar-refractivity contribution in [1.29, 1.82) is 0 Å². The Labute approximate surface area is 103 Å². The fourth-order valence-corrected chi connectivity index (χ4v) is 1.58. The van der Waals surface area contributed by atoms with Gasteiger partial charge in [-0.1, -0.05) is 11.6 Å². The Balaban J connectivity index is 2.02. The second-order valence-electron chi connectivity index (χ2n) is 3.57. The lowest BCUT2D eigenvalue weighted by molar-refractivity contribution is 0.0951. The molecule has 2 aromatic rings. The first-order chi connectivity index (χ1) is 8.16. The third-order valence-electron chi connectivity index (χ3n) is 2.33.